The first-order chi connectivity index (χ1) is 8.74. The number of H-pyrrole nitrogens is 1. The van der Waals surface area contributed by atoms with E-state index >= 15 is 0 Å². The Kier molecular flexibility index (Phi) is 3.33. The Morgan fingerprint density at radius 3 is 2.83 bits per heavy atom. The molecule has 0 fully saturated rings. The molecule has 0 saturated heterocycles. The minimum absolute atomic E-state index is 0.660. The molecule has 3 rings (SSSR count). The standard InChI is InChI=1S/C11H7I2N5/c12-6-1-2-8(7(13)3-6)18-11-9-10(15-4-14-9)16-5-17-11/h1-5H,(H2,14,15,16,17,18). The number of benzene rings is 1. The number of imidazole rings is 1. The van der Waals surface area contributed by atoms with Crippen LogP contribution in [-0.4, -0.2) is 19.9 Å². The Hall–Kier alpha value is -0.970. The molecule has 1 aromatic carbocycles. The molecule has 90 valence electrons. The molecule has 0 bridgehead atoms. The van der Waals surface area contributed by atoms with E-state index < -0.39 is 0 Å². The second-order valence-electron chi connectivity index (χ2n) is 3.57. The van der Waals surface area contributed by atoms with Gasteiger partial charge in [-0.3, -0.25) is 0 Å². The van der Waals surface area contributed by atoms with Crippen molar-refractivity contribution in [3.63, 3.8) is 0 Å². The van der Waals surface area contributed by atoms with Gasteiger partial charge in [0.2, 0.25) is 0 Å². The number of aromatic amines is 1. The number of aromatic nitrogens is 4. The summed E-state index contributed by atoms with van der Waals surface area (Å²) in [5.74, 6) is 0.733. The zero-order valence-electron chi connectivity index (χ0n) is 8.98. The summed E-state index contributed by atoms with van der Waals surface area (Å²) >= 11 is 4.59. The minimum Gasteiger partial charge on any atom is -0.340 e. The Morgan fingerprint density at radius 1 is 1.11 bits per heavy atom. The molecular weight excluding hydrogens is 456 g/mol. The first-order valence-corrected chi connectivity index (χ1v) is 7.26. The molecule has 0 unspecified atom stereocenters. The number of anilines is 2. The molecule has 0 radical (unpaired) electrons. The molecule has 0 spiro atoms. The predicted octanol–water partition coefficient (Wildman–Crippen LogP) is 3.31. The quantitative estimate of drug-likeness (QED) is 0.573. The number of nitrogens with zero attached hydrogens (tertiary/aromatic N) is 3. The second-order valence-corrected chi connectivity index (χ2v) is 5.98. The van der Waals surface area contributed by atoms with E-state index in [2.05, 4.69) is 82.6 Å². The van der Waals surface area contributed by atoms with Crippen molar-refractivity contribution in [2.45, 2.75) is 0 Å². The maximum absolute atomic E-state index is 4.24. The minimum atomic E-state index is 0.660. The molecule has 0 atom stereocenters. The molecule has 2 heterocycles. The van der Waals surface area contributed by atoms with Crippen molar-refractivity contribution in [1.29, 1.82) is 0 Å². The first kappa shape index (κ1) is 12.1. The lowest BCUT2D eigenvalue weighted by Crippen LogP contribution is -1.97. The smallest absolute Gasteiger partial charge is 0.182 e. The van der Waals surface area contributed by atoms with Crippen molar-refractivity contribution < 1.29 is 0 Å². The van der Waals surface area contributed by atoms with Gasteiger partial charge in [-0.1, -0.05) is 0 Å². The molecule has 2 aromatic heterocycles. The number of halogens is 2. The highest BCUT2D eigenvalue weighted by molar-refractivity contribution is 14.1. The van der Waals surface area contributed by atoms with Crippen LogP contribution in [0.1, 0.15) is 0 Å². The number of fused-ring (bicyclic) bond motifs is 1. The Bertz CT molecular complexity index is 709. The Morgan fingerprint density at radius 2 is 2.00 bits per heavy atom. The molecule has 0 aliphatic rings. The fourth-order valence-electron chi connectivity index (χ4n) is 1.58. The zero-order chi connectivity index (χ0) is 12.5. The highest BCUT2D eigenvalue weighted by Crippen LogP contribution is 2.25. The Labute approximate surface area is 130 Å². The van der Waals surface area contributed by atoms with Crippen molar-refractivity contribution in [3.8, 4) is 0 Å². The lowest BCUT2D eigenvalue weighted by Gasteiger charge is -2.08. The number of nitrogens with one attached hydrogen (secondary N) is 2. The molecule has 3 aromatic rings. The highest BCUT2D eigenvalue weighted by atomic mass is 127. The fourth-order valence-corrected chi connectivity index (χ4v) is 3.32. The average molecular weight is 463 g/mol. The summed E-state index contributed by atoms with van der Waals surface area (Å²) in [5, 5.41) is 3.30. The van der Waals surface area contributed by atoms with Crippen LogP contribution in [0.5, 0.6) is 0 Å². The summed E-state index contributed by atoms with van der Waals surface area (Å²) in [6.45, 7) is 0. The van der Waals surface area contributed by atoms with E-state index in [1.54, 1.807) is 6.33 Å². The molecule has 0 amide bonds. The van der Waals surface area contributed by atoms with Crippen LogP contribution in [0.2, 0.25) is 0 Å². The molecule has 5 nitrogen and oxygen atoms in total. The zero-order valence-corrected chi connectivity index (χ0v) is 13.3. The lowest BCUT2D eigenvalue weighted by molar-refractivity contribution is 1.20. The number of hydrogen-bond acceptors (Lipinski definition) is 4. The largest absolute Gasteiger partial charge is 0.340 e. The van der Waals surface area contributed by atoms with Gasteiger partial charge in [0.05, 0.1) is 12.0 Å². The summed E-state index contributed by atoms with van der Waals surface area (Å²) < 4.78 is 2.35. The van der Waals surface area contributed by atoms with Crippen LogP contribution in [0.15, 0.2) is 30.9 Å². The summed E-state index contributed by atoms with van der Waals surface area (Å²) in [6.07, 6.45) is 3.12. The van der Waals surface area contributed by atoms with Gasteiger partial charge >= 0.3 is 0 Å². The molecule has 0 aliphatic carbocycles. The van der Waals surface area contributed by atoms with Gasteiger partial charge in [-0.05, 0) is 63.4 Å². The third-order valence-electron chi connectivity index (χ3n) is 2.41. The van der Waals surface area contributed by atoms with E-state index in [1.807, 2.05) is 6.07 Å². The monoisotopic (exact) mass is 463 g/mol. The van der Waals surface area contributed by atoms with E-state index in [0.717, 1.165) is 20.6 Å². The number of hydrogen-bond donors (Lipinski definition) is 2. The van der Waals surface area contributed by atoms with Gasteiger partial charge in [0.25, 0.3) is 0 Å². The fraction of sp³-hybridized carbons (Fsp3) is 0. The maximum Gasteiger partial charge on any atom is 0.182 e. The summed E-state index contributed by atoms with van der Waals surface area (Å²) in [7, 11) is 0. The van der Waals surface area contributed by atoms with Crippen molar-refractivity contribution in [2.75, 3.05) is 5.32 Å². The van der Waals surface area contributed by atoms with Crippen LogP contribution in [0.3, 0.4) is 0 Å². The first-order valence-electron chi connectivity index (χ1n) is 5.10. The van der Waals surface area contributed by atoms with Gasteiger partial charge in [0.15, 0.2) is 11.5 Å². The van der Waals surface area contributed by atoms with Crippen LogP contribution in [-0.2, 0) is 0 Å². The van der Waals surface area contributed by atoms with Crippen molar-refractivity contribution >= 4 is 67.9 Å². The van der Waals surface area contributed by atoms with E-state index in [1.165, 1.54) is 9.90 Å². The van der Waals surface area contributed by atoms with E-state index in [-0.39, 0.29) is 0 Å². The SMILES string of the molecule is Ic1ccc(Nc2ncnc3nc[nH]c23)c(I)c1. The van der Waals surface area contributed by atoms with Gasteiger partial charge < -0.3 is 10.3 Å². The van der Waals surface area contributed by atoms with Crippen LogP contribution in [0, 0.1) is 7.14 Å². The Balaban J connectivity index is 2.03. The van der Waals surface area contributed by atoms with Crippen molar-refractivity contribution in [1.82, 2.24) is 19.9 Å². The highest BCUT2D eigenvalue weighted by Gasteiger charge is 2.07. The van der Waals surface area contributed by atoms with E-state index in [0.29, 0.717) is 5.65 Å². The van der Waals surface area contributed by atoms with Crippen molar-refractivity contribution in [3.05, 3.63) is 38.0 Å². The molecule has 0 saturated carbocycles. The lowest BCUT2D eigenvalue weighted by atomic mass is 10.3. The van der Waals surface area contributed by atoms with E-state index in [4.69, 9.17) is 0 Å². The predicted molar refractivity (Wildman–Crippen MR) is 86.8 cm³/mol. The molecule has 0 aliphatic heterocycles. The number of rotatable bonds is 2. The average Bonchev–Trinajstić information content (AvgIpc) is 2.82. The molecule has 2 N–H and O–H groups in total. The van der Waals surface area contributed by atoms with Gasteiger partial charge in [-0.15, -0.1) is 0 Å². The maximum atomic E-state index is 4.24. The van der Waals surface area contributed by atoms with Gasteiger partial charge in [-0.2, -0.15) is 0 Å². The van der Waals surface area contributed by atoms with E-state index in [9.17, 15) is 0 Å². The molecule has 18 heavy (non-hydrogen) atoms. The third kappa shape index (κ3) is 2.28. The van der Waals surface area contributed by atoms with Crippen LogP contribution >= 0.6 is 45.2 Å². The second kappa shape index (κ2) is 4.96. The van der Waals surface area contributed by atoms with Crippen molar-refractivity contribution in [2.24, 2.45) is 0 Å². The van der Waals surface area contributed by atoms with Crippen LogP contribution in [0.25, 0.3) is 11.2 Å². The van der Waals surface area contributed by atoms with Crippen LogP contribution < -0.4 is 5.32 Å². The van der Waals surface area contributed by atoms with Gasteiger partial charge in [0, 0.05) is 7.14 Å². The normalized spacial score (nSPS) is 10.8. The summed E-state index contributed by atoms with van der Waals surface area (Å²) in [6, 6.07) is 6.19. The van der Waals surface area contributed by atoms with Gasteiger partial charge in [-0.25, -0.2) is 15.0 Å². The topological polar surface area (TPSA) is 66.5 Å². The summed E-state index contributed by atoms with van der Waals surface area (Å²) in [5.41, 5.74) is 2.49. The molecular formula is C11H7I2N5. The van der Waals surface area contributed by atoms with Crippen LogP contribution in [0.4, 0.5) is 11.5 Å². The third-order valence-corrected chi connectivity index (χ3v) is 3.97. The molecule has 7 heteroatoms. The van der Waals surface area contributed by atoms with Gasteiger partial charge in [0.1, 0.15) is 11.8 Å². The summed E-state index contributed by atoms with van der Waals surface area (Å²) in [4.78, 5) is 15.5.